The first-order chi connectivity index (χ1) is 15.4. The van der Waals surface area contributed by atoms with E-state index in [4.69, 9.17) is 16.6 Å². The van der Waals surface area contributed by atoms with Gasteiger partial charge >= 0.3 is 5.97 Å². The summed E-state index contributed by atoms with van der Waals surface area (Å²) in [6, 6.07) is 5.74. The second-order valence-electron chi connectivity index (χ2n) is 9.03. The Morgan fingerprint density at radius 2 is 2.06 bits per heavy atom. The highest BCUT2D eigenvalue weighted by Gasteiger charge is 2.29. The zero-order chi connectivity index (χ0) is 22.8. The summed E-state index contributed by atoms with van der Waals surface area (Å²) in [7, 11) is 1.98. The molecule has 1 saturated carbocycles. The predicted molar refractivity (Wildman–Crippen MR) is 126 cm³/mol. The van der Waals surface area contributed by atoms with Crippen LogP contribution < -0.4 is 5.32 Å². The van der Waals surface area contributed by atoms with Gasteiger partial charge in [0.05, 0.1) is 22.3 Å². The minimum absolute atomic E-state index is 0.171. The molecule has 0 atom stereocenters. The first-order valence-corrected chi connectivity index (χ1v) is 11.6. The van der Waals surface area contributed by atoms with Crippen LogP contribution in [0.25, 0.3) is 5.70 Å². The van der Waals surface area contributed by atoms with E-state index in [-0.39, 0.29) is 5.92 Å². The fourth-order valence-electron chi connectivity index (χ4n) is 4.97. The van der Waals surface area contributed by atoms with Crippen molar-refractivity contribution >= 4 is 29.0 Å². The van der Waals surface area contributed by atoms with Crippen LogP contribution in [0.1, 0.15) is 48.5 Å². The molecule has 2 aliphatic rings. The molecule has 1 aliphatic carbocycles. The van der Waals surface area contributed by atoms with Crippen LogP contribution in [0, 0.1) is 18.8 Å². The van der Waals surface area contributed by atoms with E-state index in [1.54, 1.807) is 0 Å². The number of nitrogens with zero attached hydrogens (tertiary/aromatic N) is 3. The summed E-state index contributed by atoms with van der Waals surface area (Å²) < 4.78 is 2.05. The number of carbonyl (C=O) groups is 1. The number of imidazole rings is 1. The molecule has 0 spiro atoms. The number of fused-ring (bicyclic) bond motifs is 1. The lowest BCUT2D eigenvalue weighted by atomic mass is 9.81. The number of aryl methyl sites for hydroxylation is 1. The van der Waals surface area contributed by atoms with Gasteiger partial charge in [-0.3, -0.25) is 9.69 Å². The number of carboxylic acids is 1. The van der Waals surface area contributed by atoms with Gasteiger partial charge in [0.15, 0.2) is 5.82 Å². The number of nitrogens with one attached hydrogen (secondary N) is 1. The normalized spacial score (nSPS) is 21.9. The molecule has 0 amide bonds. The van der Waals surface area contributed by atoms with Crippen molar-refractivity contribution in [3.8, 4) is 0 Å². The van der Waals surface area contributed by atoms with Gasteiger partial charge in [-0.2, -0.15) is 0 Å². The van der Waals surface area contributed by atoms with Crippen molar-refractivity contribution in [1.82, 2.24) is 14.5 Å². The minimum Gasteiger partial charge on any atom is -0.513 e. The molecular weight excluding hydrogens is 428 g/mol. The lowest BCUT2D eigenvalue weighted by molar-refractivity contribution is -0.143. The number of aromatic nitrogens is 2. The predicted octanol–water partition coefficient (Wildman–Crippen LogP) is 4.60. The summed E-state index contributed by atoms with van der Waals surface area (Å²) in [4.78, 5) is 18.5. The quantitative estimate of drug-likeness (QED) is 0.548. The van der Waals surface area contributed by atoms with E-state index in [9.17, 15) is 15.0 Å². The number of halogens is 1. The van der Waals surface area contributed by atoms with Crippen molar-refractivity contribution in [2.45, 2.75) is 45.6 Å². The van der Waals surface area contributed by atoms with Crippen LogP contribution in [0.5, 0.6) is 0 Å². The Morgan fingerprint density at radius 3 is 2.75 bits per heavy atom. The van der Waals surface area contributed by atoms with E-state index in [1.165, 1.54) is 5.69 Å². The molecule has 3 N–H and O–H groups in total. The molecule has 1 aliphatic heterocycles. The minimum atomic E-state index is -0.652. The van der Waals surface area contributed by atoms with Gasteiger partial charge in [0, 0.05) is 38.8 Å². The highest BCUT2D eigenvalue weighted by atomic mass is 35.5. The highest BCUT2D eigenvalue weighted by molar-refractivity contribution is 6.34. The van der Waals surface area contributed by atoms with Crippen LogP contribution in [0.15, 0.2) is 24.5 Å². The van der Waals surface area contributed by atoms with Gasteiger partial charge in [-0.05, 0) is 50.2 Å². The van der Waals surface area contributed by atoms with Gasteiger partial charge in [-0.25, -0.2) is 4.98 Å². The molecule has 0 radical (unpaired) electrons. The van der Waals surface area contributed by atoms with Crippen molar-refractivity contribution in [3.05, 3.63) is 52.3 Å². The second-order valence-corrected chi connectivity index (χ2v) is 9.41. The maximum atomic E-state index is 11.2. The number of hydrogen-bond acceptors (Lipinski definition) is 5. The lowest BCUT2D eigenvalue weighted by Crippen LogP contribution is -2.36. The molecule has 0 unspecified atom stereocenters. The molecule has 0 saturated heterocycles. The Bertz CT molecular complexity index is 1020. The molecule has 7 nitrogen and oxygen atoms in total. The van der Waals surface area contributed by atoms with E-state index in [2.05, 4.69) is 10.2 Å². The number of aliphatic hydroxyl groups is 1. The molecule has 4 rings (SSSR count). The maximum absolute atomic E-state index is 11.2. The topological polar surface area (TPSA) is 90.6 Å². The first kappa shape index (κ1) is 22.7. The summed E-state index contributed by atoms with van der Waals surface area (Å²) in [5.41, 5.74) is 4.41. The molecule has 2 heterocycles. The van der Waals surface area contributed by atoms with Crippen LogP contribution in [-0.4, -0.2) is 43.7 Å². The molecular formula is C24H31ClN4O3. The van der Waals surface area contributed by atoms with E-state index in [0.717, 1.165) is 74.9 Å². The lowest BCUT2D eigenvalue weighted by Gasteiger charge is -2.33. The van der Waals surface area contributed by atoms with Gasteiger partial charge in [0.2, 0.25) is 0 Å². The highest BCUT2D eigenvalue weighted by Crippen LogP contribution is 2.32. The number of hydrogen-bond donors (Lipinski definition) is 3. The van der Waals surface area contributed by atoms with Crippen LogP contribution in [-0.2, 0) is 24.8 Å². The van der Waals surface area contributed by atoms with Crippen molar-refractivity contribution in [2.24, 2.45) is 18.9 Å². The Morgan fingerprint density at radius 1 is 1.31 bits per heavy atom. The molecule has 32 heavy (non-hydrogen) atoms. The van der Waals surface area contributed by atoms with Crippen molar-refractivity contribution in [2.75, 3.05) is 18.4 Å². The largest absolute Gasteiger partial charge is 0.513 e. The standard InChI is InChI=1S/C24H31ClN4O3/c1-15-4-3-5-18(22(15)25)26-20(14-30)23-27-19-13-29(11-10-21(19)28(23)2)12-16-6-8-17(9-7-16)24(31)32/h3-5,14,16-17,26,30H,6-13H2,1-2H3,(H,31,32)/b20-14-. The first-order valence-electron chi connectivity index (χ1n) is 11.2. The second kappa shape index (κ2) is 9.55. The summed E-state index contributed by atoms with van der Waals surface area (Å²) >= 11 is 6.42. The van der Waals surface area contributed by atoms with Crippen molar-refractivity contribution < 1.29 is 15.0 Å². The smallest absolute Gasteiger partial charge is 0.306 e. The molecule has 172 valence electrons. The van der Waals surface area contributed by atoms with Crippen LogP contribution >= 0.6 is 11.6 Å². The average molecular weight is 459 g/mol. The summed E-state index contributed by atoms with van der Waals surface area (Å²) in [6.45, 7) is 4.65. The summed E-state index contributed by atoms with van der Waals surface area (Å²) in [5, 5.41) is 23.0. The van der Waals surface area contributed by atoms with Crippen molar-refractivity contribution in [1.29, 1.82) is 0 Å². The Balaban J connectivity index is 1.44. The Kier molecular flexibility index (Phi) is 6.76. The van der Waals surface area contributed by atoms with Crippen LogP contribution in [0.2, 0.25) is 5.02 Å². The third-order valence-corrected chi connectivity index (χ3v) is 7.38. The fourth-order valence-corrected chi connectivity index (χ4v) is 5.14. The Labute approximate surface area is 193 Å². The molecule has 1 aromatic heterocycles. The number of aliphatic hydroxyl groups excluding tert-OH is 1. The maximum Gasteiger partial charge on any atom is 0.306 e. The van der Waals surface area contributed by atoms with Crippen LogP contribution in [0.3, 0.4) is 0 Å². The van der Waals surface area contributed by atoms with Gasteiger partial charge in [0.1, 0.15) is 12.0 Å². The zero-order valence-electron chi connectivity index (χ0n) is 18.6. The number of aliphatic carboxylic acids is 1. The molecule has 0 bridgehead atoms. The van der Waals surface area contributed by atoms with E-state index in [1.807, 2.05) is 36.7 Å². The number of carboxylic acid groups (broad SMARTS) is 1. The van der Waals surface area contributed by atoms with Crippen molar-refractivity contribution in [3.63, 3.8) is 0 Å². The molecule has 2 aromatic rings. The van der Waals surface area contributed by atoms with E-state index >= 15 is 0 Å². The average Bonchev–Trinajstić information content (AvgIpc) is 3.11. The molecule has 8 heteroatoms. The number of anilines is 1. The monoisotopic (exact) mass is 458 g/mol. The fraction of sp³-hybridized carbons (Fsp3) is 0.500. The van der Waals surface area contributed by atoms with E-state index in [0.29, 0.717) is 22.5 Å². The summed E-state index contributed by atoms with van der Waals surface area (Å²) in [5.74, 6) is 0.406. The van der Waals surface area contributed by atoms with Crippen LogP contribution in [0.4, 0.5) is 5.69 Å². The van der Waals surface area contributed by atoms with Gasteiger partial charge < -0.3 is 20.1 Å². The summed E-state index contributed by atoms with van der Waals surface area (Å²) in [6.07, 6.45) is 5.46. The zero-order valence-corrected chi connectivity index (χ0v) is 19.4. The third kappa shape index (κ3) is 4.64. The molecule has 1 fully saturated rings. The Hall–Kier alpha value is -2.51. The van der Waals surface area contributed by atoms with Gasteiger partial charge in [0.25, 0.3) is 0 Å². The molecule has 1 aromatic carbocycles. The number of rotatable bonds is 6. The third-order valence-electron chi connectivity index (χ3n) is 6.88. The van der Waals surface area contributed by atoms with Gasteiger partial charge in [-0.1, -0.05) is 23.7 Å². The van der Waals surface area contributed by atoms with Gasteiger partial charge in [-0.15, -0.1) is 0 Å². The number of benzene rings is 1. The van der Waals surface area contributed by atoms with E-state index < -0.39 is 5.97 Å². The SMILES string of the molecule is Cc1cccc(N/C(=C\O)c2nc3c(n2C)CCN(CC2CCC(C(=O)O)CC2)C3)c1Cl.